The number of rotatable bonds is 2. The summed E-state index contributed by atoms with van der Waals surface area (Å²) in [6.45, 7) is 1.96. The third kappa shape index (κ3) is 1.93. The van der Waals surface area contributed by atoms with Crippen LogP contribution in [0.5, 0.6) is 0 Å². The molecule has 0 radical (unpaired) electrons. The monoisotopic (exact) mass is 278 g/mol. The standard InChI is InChI=1S/C12H11BrN2O/c1-8-3-4-10(13)9(7-8)12(16)11-5-6-14-15(11)2/h3-7H,1-2H3. The van der Waals surface area contributed by atoms with Crippen molar-refractivity contribution in [2.45, 2.75) is 6.92 Å². The van der Waals surface area contributed by atoms with Crippen LogP contribution in [0.1, 0.15) is 21.6 Å². The second-order valence-electron chi connectivity index (χ2n) is 3.65. The van der Waals surface area contributed by atoms with E-state index < -0.39 is 0 Å². The Bertz CT molecular complexity index is 546. The average molecular weight is 279 g/mol. The number of hydrogen-bond acceptors (Lipinski definition) is 2. The van der Waals surface area contributed by atoms with E-state index in [-0.39, 0.29) is 5.78 Å². The first-order valence-corrected chi connectivity index (χ1v) is 5.68. The van der Waals surface area contributed by atoms with Crippen LogP contribution in [0.4, 0.5) is 0 Å². The van der Waals surface area contributed by atoms with Crippen molar-refractivity contribution in [1.29, 1.82) is 0 Å². The van der Waals surface area contributed by atoms with Crippen LogP contribution in [-0.2, 0) is 7.05 Å². The molecule has 1 aromatic heterocycles. The Balaban J connectivity index is 2.49. The zero-order chi connectivity index (χ0) is 11.7. The van der Waals surface area contributed by atoms with Gasteiger partial charge < -0.3 is 0 Å². The fourth-order valence-electron chi connectivity index (χ4n) is 1.55. The summed E-state index contributed by atoms with van der Waals surface area (Å²) in [6.07, 6.45) is 1.62. The van der Waals surface area contributed by atoms with Crippen LogP contribution in [-0.4, -0.2) is 15.6 Å². The molecule has 16 heavy (non-hydrogen) atoms. The van der Waals surface area contributed by atoms with Crippen LogP contribution in [0, 0.1) is 6.92 Å². The molecule has 0 saturated carbocycles. The highest BCUT2D eigenvalue weighted by atomic mass is 79.9. The predicted octanol–water partition coefficient (Wildman–Crippen LogP) is 2.72. The van der Waals surface area contributed by atoms with Crippen molar-refractivity contribution >= 4 is 21.7 Å². The number of carbonyl (C=O) groups is 1. The van der Waals surface area contributed by atoms with Crippen molar-refractivity contribution in [3.63, 3.8) is 0 Å². The zero-order valence-electron chi connectivity index (χ0n) is 9.07. The molecule has 0 aliphatic rings. The van der Waals surface area contributed by atoms with Gasteiger partial charge in [-0.25, -0.2) is 0 Å². The minimum Gasteiger partial charge on any atom is -0.287 e. The van der Waals surface area contributed by atoms with Crippen molar-refractivity contribution < 1.29 is 4.79 Å². The molecule has 4 heteroatoms. The molecule has 0 spiro atoms. The third-order valence-corrected chi connectivity index (χ3v) is 3.11. The third-order valence-electron chi connectivity index (χ3n) is 2.42. The molecule has 0 bridgehead atoms. The number of nitrogens with zero attached hydrogens (tertiary/aromatic N) is 2. The number of halogens is 1. The molecule has 0 atom stereocenters. The lowest BCUT2D eigenvalue weighted by atomic mass is 10.1. The normalized spacial score (nSPS) is 10.4. The van der Waals surface area contributed by atoms with E-state index >= 15 is 0 Å². The summed E-state index contributed by atoms with van der Waals surface area (Å²) in [5.74, 6) is -0.0180. The van der Waals surface area contributed by atoms with Crippen molar-refractivity contribution in [2.75, 3.05) is 0 Å². The first kappa shape index (κ1) is 11.1. The van der Waals surface area contributed by atoms with Crippen molar-refractivity contribution in [2.24, 2.45) is 7.05 Å². The first-order valence-electron chi connectivity index (χ1n) is 4.88. The van der Waals surface area contributed by atoms with Gasteiger partial charge >= 0.3 is 0 Å². The van der Waals surface area contributed by atoms with Gasteiger partial charge in [0.2, 0.25) is 5.78 Å². The molecule has 3 nitrogen and oxygen atoms in total. The van der Waals surface area contributed by atoms with Crippen molar-refractivity contribution in [3.8, 4) is 0 Å². The molecule has 2 rings (SSSR count). The molecule has 1 aromatic carbocycles. The van der Waals surface area contributed by atoms with Gasteiger partial charge in [-0.2, -0.15) is 5.10 Å². The molecule has 1 heterocycles. The molecule has 0 aliphatic carbocycles. The minimum atomic E-state index is -0.0180. The lowest BCUT2D eigenvalue weighted by Gasteiger charge is -2.05. The van der Waals surface area contributed by atoms with E-state index in [2.05, 4.69) is 21.0 Å². The molecular weight excluding hydrogens is 268 g/mol. The van der Waals surface area contributed by atoms with E-state index in [0.717, 1.165) is 10.0 Å². The summed E-state index contributed by atoms with van der Waals surface area (Å²) in [7, 11) is 1.76. The maximum absolute atomic E-state index is 12.2. The van der Waals surface area contributed by atoms with Gasteiger partial charge in [0.1, 0.15) is 5.69 Å². The SMILES string of the molecule is Cc1ccc(Br)c(C(=O)c2ccnn2C)c1. The topological polar surface area (TPSA) is 34.9 Å². The maximum atomic E-state index is 12.2. The zero-order valence-corrected chi connectivity index (χ0v) is 10.7. The summed E-state index contributed by atoms with van der Waals surface area (Å²) in [4.78, 5) is 12.2. The van der Waals surface area contributed by atoms with Crippen LogP contribution in [0.3, 0.4) is 0 Å². The molecule has 0 amide bonds. The van der Waals surface area contributed by atoms with Crippen molar-refractivity contribution in [3.05, 3.63) is 51.8 Å². The molecule has 0 N–H and O–H groups in total. The lowest BCUT2D eigenvalue weighted by molar-refractivity contribution is 0.102. The predicted molar refractivity (Wildman–Crippen MR) is 65.5 cm³/mol. The van der Waals surface area contributed by atoms with Gasteiger partial charge in [-0.15, -0.1) is 0 Å². The highest BCUT2D eigenvalue weighted by molar-refractivity contribution is 9.10. The van der Waals surface area contributed by atoms with Gasteiger partial charge in [-0.1, -0.05) is 27.6 Å². The van der Waals surface area contributed by atoms with Gasteiger partial charge in [-0.3, -0.25) is 9.48 Å². The summed E-state index contributed by atoms with van der Waals surface area (Å²) >= 11 is 3.39. The van der Waals surface area contributed by atoms with Gasteiger partial charge in [0.05, 0.1) is 0 Å². The number of carbonyl (C=O) groups excluding carboxylic acids is 1. The van der Waals surface area contributed by atoms with Crippen LogP contribution >= 0.6 is 15.9 Å². The van der Waals surface area contributed by atoms with Gasteiger partial charge in [0.15, 0.2) is 0 Å². The van der Waals surface area contributed by atoms with Crippen LogP contribution in [0.15, 0.2) is 34.9 Å². The van der Waals surface area contributed by atoms with E-state index in [9.17, 15) is 4.79 Å². The van der Waals surface area contributed by atoms with E-state index in [0.29, 0.717) is 11.3 Å². The fourth-order valence-corrected chi connectivity index (χ4v) is 1.97. The average Bonchev–Trinajstić information content (AvgIpc) is 2.67. The number of aromatic nitrogens is 2. The Kier molecular flexibility index (Phi) is 2.92. The van der Waals surface area contributed by atoms with Crippen molar-refractivity contribution in [1.82, 2.24) is 9.78 Å². The molecule has 0 saturated heterocycles. The number of benzene rings is 1. The molecule has 82 valence electrons. The Morgan fingerprint density at radius 3 is 2.75 bits per heavy atom. The Morgan fingerprint density at radius 2 is 2.12 bits per heavy atom. The van der Waals surface area contributed by atoms with Crippen LogP contribution in [0.25, 0.3) is 0 Å². The van der Waals surface area contributed by atoms with Crippen LogP contribution in [0.2, 0.25) is 0 Å². The Hall–Kier alpha value is -1.42. The summed E-state index contributed by atoms with van der Waals surface area (Å²) in [5.41, 5.74) is 2.32. The minimum absolute atomic E-state index is 0.0180. The molecular formula is C12H11BrN2O. The number of aryl methyl sites for hydroxylation is 2. The lowest BCUT2D eigenvalue weighted by Crippen LogP contribution is -2.09. The number of hydrogen-bond donors (Lipinski definition) is 0. The Labute approximate surface area is 102 Å². The maximum Gasteiger partial charge on any atom is 0.212 e. The highest BCUT2D eigenvalue weighted by Gasteiger charge is 2.15. The fraction of sp³-hybridized carbons (Fsp3) is 0.167. The van der Waals surface area contributed by atoms with E-state index in [1.807, 2.05) is 25.1 Å². The quantitative estimate of drug-likeness (QED) is 0.792. The highest BCUT2D eigenvalue weighted by Crippen LogP contribution is 2.21. The first-order chi connectivity index (χ1) is 7.59. The second-order valence-corrected chi connectivity index (χ2v) is 4.51. The smallest absolute Gasteiger partial charge is 0.212 e. The Morgan fingerprint density at radius 1 is 1.38 bits per heavy atom. The van der Waals surface area contributed by atoms with Gasteiger partial charge in [0, 0.05) is 23.3 Å². The second kappa shape index (κ2) is 4.22. The summed E-state index contributed by atoms with van der Waals surface area (Å²) in [6, 6.07) is 7.44. The van der Waals surface area contributed by atoms with Crippen LogP contribution < -0.4 is 0 Å². The molecule has 0 aliphatic heterocycles. The van der Waals surface area contributed by atoms with Gasteiger partial charge in [-0.05, 0) is 25.1 Å². The summed E-state index contributed by atoms with van der Waals surface area (Å²) in [5, 5.41) is 4.00. The summed E-state index contributed by atoms with van der Waals surface area (Å²) < 4.78 is 2.39. The van der Waals surface area contributed by atoms with E-state index in [1.165, 1.54) is 0 Å². The van der Waals surface area contributed by atoms with E-state index in [4.69, 9.17) is 0 Å². The van der Waals surface area contributed by atoms with E-state index in [1.54, 1.807) is 24.0 Å². The number of ketones is 1. The van der Waals surface area contributed by atoms with Gasteiger partial charge in [0.25, 0.3) is 0 Å². The molecule has 0 unspecified atom stereocenters. The molecule has 0 fully saturated rings. The largest absolute Gasteiger partial charge is 0.287 e. The molecule has 2 aromatic rings.